The number of carbonyl (C=O) groups excluding carboxylic acids is 7. The van der Waals surface area contributed by atoms with E-state index in [0.29, 0.717) is 80.4 Å². The summed E-state index contributed by atoms with van der Waals surface area (Å²) in [7, 11) is 0. The van der Waals surface area contributed by atoms with Gasteiger partial charge in [-0.1, -0.05) is 54.6 Å². The van der Waals surface area contributed by atoms with Crippen LogP contribution in [0.25, 0.3) is 0 Å². The molecule has 4 amide bonds. The topological polar surface area (TPSA) is 188 Å². The minimum absolute atomic E-state index is 0.0287. The smallest absolute Gasteiger partial charge is 0.255 e. The molecule has 4 saturated carbocycles. The number of aliphatic hydroxyl groups is 1. The maximum Gasteiger partial charge on any atom is 0.255 e. The fourth-order valence-electron chi connectivity index (χ4n) is 12.7. The number of hydrogen-bond acceptors (Lipinski definition) is 12. The summed E-state index contributed by atoms with van der Waals surface area (Å²) in [5.74, 6) is -12.1. The van der Waals surface area contributed by atoms with Gasteiger partial charge in [0.1, 0.15) is 40.6 Å². The van der Waals surface area contributed by atoms with Crippen LogP contribution in [0.4, 0.5) is 66.7 Å². The molecule has 5 N–H and O–H groups in total. The van der Waals surface area contributed by atoms with E-state index in [-0.39, 0.29) is 89.6 Å². The third-order valence-corrected chi connectivity index (χ3v) is 24.5. The first kappa shape index (κ1) is 85.9. The van der Waals surface area contributed by atoms with Crippen LogP contribution in [-0.4, -0.2) is 73.2 Å². The summed E-state index contributed by atoms with van der Waals surface area (Å²) in [6.45, 7) is 3.16. The molecule has 0 saturated heterocycles. The molecule has 0 aliphatic heterocycles. The van der Waals surface area contributed by atoms with Crippen molar-refractivity contribution in [3.63, 3.8) is 0 Å². The molecule has 0 spiro atoms. The minimum atomic E-state index is -1.62. The van der Waals surface area contributed by atoms with Crippen molar-refractivity contribution in [2.24, 2.45) is 11.8 Å². The number of ketones is 3. The Labute approximate surface area is 657 Å². The Morgan fingerprint density at radius 3 is 1.15 bits per heavy atom. The van der Waals surface area contributed by atoms with E-state index in [0.717, 1.165) is 125 Å². The Kier molecular flexibility index (Phi) is 32.3. The monoisotopic (exact) mass is 1630 g/mol. The maximum atomic E-state index is 14.2. The van der Waals surface area contributed by atoms with Gasteiger partial charge in [0, 0.05) is 135 Å². The number of aliphatic hydroxyl groups excluding tert-OH is 1. The highest BCUT2D eigenvalue weighted by Gasteiger charge is 2.29. The molecule has 582 valence electrons. The van der Waals surface area contributed by atoms with E-state index < -0.39 is 70.0 Å². The van der Waals surface area contributed by atoms with Crippen molar-refractivity contribution >= 4 is 134 Å². The fourth-order valence-corrected chi connectivity index (χ4v) is 18.2. The fraction of sp³-hybridized carbons (Fsp3) is 0.329. The molecule has 3 atom stereocenters. The molecule has 2 unspecified atom stereocenters. The van der Waals surface area contributed by atoms with Gasteiger partial charge in [-0.05, 0) is 207 Å². The van der Waals surface area contributed by atoms with Crippen LogP contribution in [0.1, 0.15) is 171 Å². The number of carbonyl (C=O) groups is 7. The number of anilines is 4. The Bertz CT molecular complexity index is 4450. The Balaban J connectivity index is 0.000000169. The molecule has 4 aliphatic carbocycles. The Morgan fingerprint density at radius 1 is 0.373 bits per heavy atom. The van der Waals surface area contributed by atoms with Crippen molar-refractivity contribution in [1.82, 2.24) is 0 Å². The van der Waals surface area contributed by atoms with Gasteiger partial charge >= 0.3 is 0 Å². The second kappa shape index (κ2) is 41.4. The lowest BCUT2D eigenvalue weighted by molar-refractivity contribution is -0.122. The van der Waals surface area contributed by atoms with Crippen molar-refractivity contribution in [1.29, 1.82) is 0 Å². The zero-order valence-corrected chi connectivity index (χ0v) is 64.4. The van der Waals surface area contributed by atoms with E-state index in [2.05, 4.69) is 21.3 Å². The molecular formula is C82H78Cl2F10N4O8S4. The van der Waals surface area contributed by atoms with E-state index in [1.54, 1.807) is 49.5 Å². The van der Waals surface area contributed by atoms with Crippen molar-refractivity contribution in [2.45, 2.75) is 176 Å². The second-order valence-corrected chi connectivity index (χ2v) is 33.2. The van der Waals surface area contributed by atoms with Crippen molar-refractivity contribution in [3.05, 3.63) is 236 Å². The molecule has 0 heterocycles. The molecule has 0 aromatic heterocycles. The normalized spacial score (nSPS) is 19.0. The molecule has 0 bridgehead atoms. The average Bonchev–Trinajstić information content (AvgIpc) is 0.983. The number of halogens is 12. The summed E-state index contributed by atoms with van der Waals surface area (Å²) < 4.78 is 134. The van der Waals surface area contributed by atoms with E-state index in [1.807, 2.05) is 36.4 Å². The number of benzene rings is 8. The van der Waals surface area contributed by atoms with Gasteiger partial charge in [-0.15, -0.1) is 47.0 Å². The molecule has 110 heavy (non-hydrogen) atoms. The highest BCUT2D eigenvalue weighted by Crippen LogP contribution is 2.41. The quantitative estimate of drug-likeness (QED) is 0.0311. The molecule has 4 fully saturated rings. The van der Waals surface area contributed by atoms with Gasteiger partial charge in [-0.3, -0.25) is 33.6 Å². The Hall–Kier alpha value is -8.11. The van der Waals surface area contributed by atoms with Crippen LogP contribution in [0.3, 0.4) is 0 Å². The largest absolute Gasteiger partial charge is 0.393 e. The number of rotatable bonds is 18. The van der Waals surface area contributed by atoms with Gasteiger partial charge in [0.15, 0.2) is 34.9 Å². The second-order valence-electron chi connectivity index (χ2n) is 27.0. The third-order valence-electron chi connectivity index (χ3n) is 18.6. The molecule has 4 aliphatic rings. The van der Waals surface area contributed by atoms with Crippen LogP contribution in [0, 0.1) is 70.0 Å². The Morgan fingerprint density at radius 2 is 0.736 bits per heavy atom. The first-order valence-corrected chi connectivity index (χ1v) is 39.9. The number of thioether (sulfide) groups is 4. The minimum Gasteiger partial charge on any atom is -0.393 e. The summed E-state index contributed by atoms with van der Waals surface area (Å²) in [6, 6.07) is 33.2. The van der Waals surface area contributed by atoms with Gasteiger partial charge in [0.25, 0.3) is 23.6 Å². The van der Waals surface area contributed by atoms with Crippen molar-refractivity contribution < 1.29 is 82.6 Å². The number of hydrogen-bond donors (Lipinski definition) is 5. The van der Waals surface area contributed by atoms with Crippen LogP contribution in [0.2, 0.25) is 10.0 Å². The van der Waals surface area contributed by atoms with Crippen molar-refractivity contribution in [3.8, 4) is 0 Å². The summed E-state index contributed by atoms with van der Waals surface area (Å²) in [6.07, 6.45) is 15.2. The number of nitrogens with one attached hydrogen (secondary N) is 4. The molecule has 8 aromatic carbocycles. The molecule has 0 radical (unpaired) electrons. The summed E-state index contributed by atoms with van der Waals surface area (Å²) >= 11 is 17.5. The maximum absolute atomic E-state index is 14.2. The van der Waals surface area contributed by atoms with Gasteiger partial charge < -0.3 is 26.4 Å². The molecule has 12 rings (SSSR count). The lowest BCUT2D eigenvalue weighted by atomic mass is 9.86. The van der Waals surface area contributed by atoms with E-state index >= 15 is 0 Å². The van der Waals surface area contributed by atoms with Gasteiger partial charge in [-0.25, -0.2) is 43.9 Å². The first-order valence-electron chi connectivity index (χ1n) is 35.6. The molecule has 28 heteroatoms. The molecule has 8 aromatic rings. The van der Waals surface area contributed by atoms with Crippen LogP contribution in [0.15, 0.2) is 165 Å². The zero-order chi connectivity index (χ0) is 79.3. The molecular weight excluding hydrogens is 1560 g/mol. The SMILES string of the molecule is CC(=O)C1CCC(Sc2cc(C(=O)Nc3cc(F)c(F)c(F)c3)ccc2F)CC1.CC(=O)C1CCC(Sc2cc(C(=O)Nc3cc(F)c(F)c(F)c3)ccc2F)CC1.O=C(Nc1ccc(F)c(Cl)c1)c1cccc(SC2CCCC[C@@H](O)C2)c1.O=C1CCCCC(Sc2cccc(C(=O)Nc3ccc(F)c(Cl)c3)c2)C1. The van der Waals surface area contributed by atoms with E-state index in [4.69, 9.17) is 23.2 Å². The van der Waals surface area contributed by atoms with E-state index in [1.165, 1.54) is 84.2 Å². The van der Waals surface area contributed by atoms with Gasteiger partial charge in [0.05, 0.1) is 16.1 Å². The predicted molar refractivity (Wildman–Crippen MR) is 414 cm³/mol. The van der Waals surface area contributed by atoms with Crippen LogP contribution in [-0.2, 0) is 14.4 Å². The van der Waals surface area contributed by atoms with Gasteiger partial charge in [-0.2, -0.15) is 0 Å². The number of amides is 4. The van der Waals surface area contributed by atoms with Crippen LogP contribution in [0.5, 0.6) is 0 Å². The third kappa shape index (κ3) is 26.0. The summed E-state index contributed by atoms with van der Waals surface area (Å²) in [5, 5.41) is 20.8. The molecule has 12 nitrogen and oxygen atoms in total. The first-order chi connectivity index (χ1) is 52.5. The van der Waals surface area contributed by atoms with Crippen LogP contribution >= 0.6 is 70.2 Å². The zero-order valence-electron chi connectivity index (χ0n) is 59.6. The van der Waals surface area contributed by atoms with Gasteiger partial charge in [0.2, 0.25) is 0 Å². The van der Waals surface area contributed by atoms with E-state index in [9.17, 15) is 82.6 Å². The summed E-state index contributed by atoms with van der Waals surface area (Å²) in [4.78, 5) is 87.0. The highest BCUT2D eigenvalue weighted by atomic mass is 35.5. The predicted octanol–water partition coefficient (Wildman–Crippen LogP) is 22.7. The number of Topliss-reactive ketones (excluding diaryl/α,β-unsaturated/α-hetero) is 3. The van der Waals surface area contributed by atoms with Crippen molar-refractivity contribution in [2.75, 3.05) is 21.3 Å². The lowest BCUT2D eigenvalue weighted by Gasteiger charge is -2.26. The van der Waals surface area contributed by atoms with Crippen LogP contribution < -0.4 is 21.3 Å². The lowest BCUT2D eigenvalue weighted by Crippen LogP contribution is -2.21. The standard InChI is InChI=1S/2C21H19F4NO2S.C20H21ClFNO2S.C20H19ClFNO2S/c2*1-11(27)12-2-5-15(6-3-12)29-19-8-13(4-7-16(19)22)21(28)26-14-9-17(23)20(25)18(24)10-14;2*21-18-11-14(8-9-19(18)22)23-20(25)13-4-3-7-16(10-13)26-17-6-2-1-5-15(24)12-17/h2*4,7-10,12,15H,2-3,5-6H2,1H3,(H,26,28);3-4,7-11,15,17,24H,1-2,5-6,12H2,(H,23,25);3-4,7-11,17H,1-2,5-6,12H2,(H,23,25)/t;;15-,17?;/m..1./s1. The average molecular weight is 1640 g/mol. The summed E-state index contributed by atoms with van der Waals surface area (Å²) in [5.41, 5.74) is 1.66. The highest BCUT2D eigenvalue weighted by molar-refractivity contribution is 8.00.